The number of halogens is 1. The number of hydrogen-bond acceptors (Lipinski definition) is 4. The number of aromatic nitrogens is 1. The van der Waals surface area contributed by atoms with Gasteiger partial charge < -0.3 is 14.0 Å². The summed E-state index contributed by atoms with van der Waals surface area (Å²) >= 11 is 7.82. The number of ether oxygens (including phenoxy) is 2. The molecule has 0 aliphatic carbocycles. The fourth-order valence-corrected chi connectivity index (χ4v) is 4.19. The van der Waals surface area contributed by atoms with Crippen molar-refractivity contribution >= 4 is 28.6 Å². The molecule has 0 aliphatic rings. The molecule has 3 rings (SSSR count). The zero-order valence-corrected chi connectivity index (χ0v) is 17.7. The monoisotopic (exact) mass is 402 g/mol. The van der Waals surface area contributed by atoms with E-state index in [0.717, 1.165) is 11.3 Å². The second-order valence-corrected chi connectivity index (χ2v) is 7.48. The maximum atomic E-state index is 6.21. The van der Waals surface area contributed by atoms with Gasteiger partial charge in [-0.15, -0.1) is 11.3 Å². The number of aryl methyl sites for hydroxylation is 2. The molecule has 4 nitrogen and oxygen atoms in total. The van der Waals surface area contributed by atoms with Gasteiger partial charge in [0.1, 0.15) is 17.2 Å². The van der Waals surface area contributed by atoms with Crippen LogP contribution in [0.5, 0.6) is 11.5 Å². The van der Waals surface area contributed by atoms with Crippen LogP contribution in [0, 0.1) is 13.8 Å². The lowest BCUT2D eigenvalue weighted by Crippen LogP contribution is -2.14. The Hall–Kier alpha value is -2.24. The summed E-state index contributed by atoms with van der Waals surface area (Å²) in [5, 5.41) is 2.66. The van der Waals surface area contributed by atoms with Gasteiger partial charge in [-0.1, -0.05) is 29.3 Å². The van der Waals surface area contributed by atoms with Crippen molar-refractivity contribution in [2.75, 3.05) is 14.2 Å². The Balaban J connectivity index is 2.19. The van der Waals surface area contributed by atoms with Crippen molar-refractivity contribution in [3.8, 4) is 22.8 Å². The molecule has 0 spiro atoms. The molecular formula is C21H23ClN2O2S. The van der Waals surface area contributed by atoms with Crippen molar-refractivity contribution in [2.45, 2.75) is 27.3 Å². The summed E-state index contributed by atoms with van der Waals surface area (Å²) in [5.74, 6) is 1.19. The van der Waals surface area contributed by atoms with E-state index >= 15 is 0 Å². The van der Waals surface area contributed by atoms with Crippen molar-refractivity contribution in [1.82, 2.24) is 4.57 Å². The molecule has 142 valence electrons. The Kier molecular flexibility index (Phi) is 5.92. The van der Waals surface area contributed by atoms with Crippen LogP contribution in [0.3, 0.4) is 0 Å². The Morgan fingerprint density at radius 2 is 1.81 bits per heavy atom. The largest absolute Gasteiger partial charge is 0.495 e. The van der Waals surface area contributed by atoms with E-state index in [1.54, 1.807) is 37.7 Å². The molecule has 0 unspecified atom stereocenters. The maximum absolute atomic E-state index is 6.21. The molecule has 0 atom stereocenters. The SMILES string of the molecule is CCn1c(-c2cc(C)ccc2C)csc1=Nc1cc(OC)c(Cl)cc1OC. The van der Waals surface area contributed by atoms with E-state index in [0.29, 0.717) is 22.2 Å². The van der Waals surface area contributed by atoms with Gasteiger partial charge in [-0.25, -0.2) is 4.99 Å². The summed E-state index contributed by atoms with van der Waals surface area (Å²) in [7, 11) is 3.20. The lowest BCUT2D eigenvalue weighted by Gasteiger charge is -2.11. The van der Waals surface area contributed by atoms with Gasteiger partial charge in [-0.2, -0.15) is 0 Å². The van der Waals surface area contributed by atoms with Gasteiger partial charge in [-0.05, 0) is 32.4 Å². The molecule has 1 aromatic heterocycles. The number of methoxy groups -OCH3 is 2. The molecule has 27 heavy (non-hydrogen) atoms. The number of hydrogen-bond donors (Lipinski definition) is 0. The third-order valence-corrected chi connectivity index (χ3v) is 5.61. The average Bonchev–Trinajstić information content (AvgIpc) is 3.07. The molecule has 0 aliphatic heterocycles. The number of thiazole rings is 1. The molecule has 0 saturated heterocycles. The molecule has 0 fully saturated rings. The van der Waals surface area contributed by atoms with Gasteiger partial charge in [0, 0.05) is 29.6 Å². The van der Waals surface area contributed by atoms with E-state index in [2.05, 4.69) is 48.9 Å². The average molecular weight is 403 g/mol. The Morgan fingerprint density at radius 1 is 1.07 bits per heavy atom. The summed E-state index contributed by atoms with van der Waals surface area (Å²) in [4.78, 5) is 5.75. The zero-order chi connectivity index (χ0) is 19.6. The van der Waals surface area contributed by atoms with Gasteiger partial charge in [-0.3, -0.25) is 0 Å². The summed E-state index contributed by atoms with van der Waals surface area (Å²) < 4.78 is 13.0. The molecule has 0 amide bonds. The van der Waals surface area contributed by atoms with Crippen LogP contribution in [0.4, 0.5) is 5.69 Å². The highest BCUT2D eigenvalue weighted by Gasteiger charge is 2.12. The number of rotatable bonds is 5. The summed E-state index contributed by atoms with van der Waals surface area (Å²) in [6, 6.07) is 10.1. The smallest absolute Gasteiger partial charge is 0.190 e. The zero-order valence-electron chi connectivity index (χ0n) is 16.2. The summed E-state index contributed by atoms with van der Waals surface area (Å²) in [5.41, 5.74) is 5.58. The van der Waals surface area contributed by atoms with E-state index in [1.807, 2.05) is 0 Å². The normalized spacial score (nSPS) is 11.7. The van der Waals surface area contributed by atoms with E-state index in [4.69, 9.17) is 26.1 Å². The van der Waals surface area contributed by atoms with Gasteiger partial charge in [0.25, 0.3) is 0 Å². The molecule has 1 heterocycles. The first-order chi connectivity index (χ1) is 13.0. The third kappa shape index (κ3) is 3.89. The van der Waals surface area contributed by atoms with Crippen LogP contribution in [-0.2, 0) is 6.54 Å². The standard InChI is InChI=1S/C21H23ClN2O2S/c1-6-24-18(15-9-13(2)7-8-14(15)3)12-27-21(24)23-17-11-19(25-4)16(22)10-20(17)26-5/h7-12H,6H2,1-5H3. The Labute approximate surface area is 168 Å². The fourth-order valence-electron chi connectivity index (χ4n) is 2.99. The molecular weight excluding hydrogens is 380 g/mol. The highest BCUT2D eigenvalue weighted by atomic mass is 35.5. The van der Waals surface area contributed by atoms with Gasteiger partial charge in [0.15, 0.2) is 4.80 Å². The predicted octanol–water partition coefficient (Wildman–Crippen LogP) is 5.76. The molecule has 0 saturated carbocycles. The summed E-state index contributed by atoms with van der Waals surface area (Å²) in [6.07, 6.45) is 0. The molecule has 0 radical (unpaired) electrons. The van der Waals surface area contributed by atoms with Crippen LogP contribution in [0.2, 0.25) is 5.02 Å². The lowest BCUT2D eigenvalue weighted by atomic mass is 10.0. The van der Waals surface area contributed by atoms with E-state index in [-0.39, 0.29) is 0 Å². The van der Waals surface area contributed by atoms with Crippen LogP contribution < -0.4 is 14.3 Å². The van der Waals surface area contributed by atoms with E-state index < -0.39 is 0 Å². The number of benzene rings is 2. The minimum absolute atomic E-state index is 0.499. The van der Waals surface area contributed by atoms with Crippen molar-refractivity contribution < 1.29 is 9.47 Å². The molecule has 0 bridgehead atoms. The van der Waals surface area contributed by atoms with Crippen molar-refractivity contribution in [2.24, 2.45) is 4.99 Å². The predicted molar refractivity (Wildman–Crippen MR) is 113 cm³/mol. The minimum Gasteiger partial charge on any atom is -0.495 e. The quantitative estimate of drug-likeness (QED) is 0.544. The first-order valence-electron chi connectivity index (χ1n) is 8.70. The topological polar surface area (TPSA) is 35.8 Å². The third-order valence-electron chi connectivity index (χ3n) is 4.45. The van der Waals surface area contributed by atoms with Crippen molar-refractivity contribution in [1.29, 1.82) is 0 Å². The minimum atomic E-state index is 0.499. The van der Waals surface area contributed by atoms with Gasteiger partial charge in [0.05, 0.1) is 24.9 Å². The van der Waals surface area contributed by atoms with Crippen LogP contribution in [0.15, 0.2) is 40.7 Å². The van der Waals surface area contributed by atoms with E-state index in [9.17, 15) is 0 Å². The van der Waals surface area contributed by atoms with Crippen LogP contribution in [0.25, 0.3) is 11.3 Å². The van der Waals surface area contributed by atoms with Crippen LogP contribution >= 0.6 is 22.9 Å². The molecule has 3 aromatic rings. The highest BCUT2D eigenvalue weighted by molar-refractivity contribution is 7.07. The van der Waals surface area contributed by atoms with E-state index in [1.165, 1.54) is 22.4 Å². The molecule has 2 aromatic carbocycles. The lowest BCUT2D eigenvalue weighted by molar-refractivity contribution is 0.404. The number of nitrogens with zero attached hydrogens (tertiary/aromatic N) is 2. The van der Waals surface area contributed by atoms with Crippen LogP contribution in [-0.4, -0.2) is 18.8 Å². The fraction of sp³-hybridized carbons (Fsp3) is 0.286. The van der Waals surface area contributed by atoms with Crippen molar-refractivity contribution in [3.63, 3.8) is 0 Å². The van der Waals surface area contributed by atoms with Gasteiger partial charge in [0.2, 0.25) is 0 Å². The molecule has 6 heteroatoms. The Bertz CT molecular complexity index is 1040. The Morgan fingerprint density at radius 3 is 2.48 bits per heavy atom. The first-order valence-corrected chi connectivity index (χ1v) is 9.96. The highest BCUT2D eigenvalue weighted by Crippen LogP contribution is 2.37. The molecule has 0 N–H and O–H groups in total. The first kappa shape index (κ1) is 19.5. The summed E-state index contributed by atoms with van der Waals surface area (Å²) in [6.45, 7) is 7.19. The second kappa shape index (κ2) is 8.19. The van der Waals surface area contributed by atoms with Crippen molar-refractivity contribution in [3.05, 3.63) is 56.7 Å². The van der Waals surface area contributed by atoms with Crippen LogP contribution in [0.1, 0.15) is 18.1 Å². The van der Waals surface area contributed by atoms with Gasteiger partial charge >= 0.3 is 0 Å². The second-order valence-electron chi connectivity index (χ2n) is 6.24. The maximum Gasteiger partial charge on any atom is 0.190 e.